The largest absolute Gasteiger partial charge is 0.496 e. The van der Waals surface area contributed by atoms with Crippen LogP contribution >= 0.6 is 11.8 Å². The van der Waals surface area contributed by atoms with Gasteiger partial charge in [-0.05, 0) is 42.6 Å². The van der Waals surface area contributed by atoms with Crippen molar-refractivity contribution in [3.63, 3.8) is 0 Å². The maximum Gasteiger partial charge on any atom is 0.234 e. The van der Waals surface area contributed by atoms with Gasteiger partial charge in [0.15, 0.2) is 0 Å². The quantitative estimate of drug-likeness (QED) is 0.745. The molecule has 1 amide bonds. The van der Waals surface area contributed by atoms with Crippen molar-refractivity contribution in [3.05, 3.63) is 53.9 Å². The summed E-state index contributed by atoms with van der Waals surface area (Å²) in [5.41, 5.74) is 2.11. The zero-order chi connectivity index (χ0) is 17.4. The van der Waals surface area contributed by atoms with E-state index in [1.807, 2.05) is 36.4 Å². The first kappa shape index (κ1) is 18.3. The van der Waals surface area contributed by atoms with Crippen molar-refractivity contribution in [3.8, 4) is 5.75 Å². The summed E-state index contributed by atoms with van der Waals surface area (Å²) in [5, 5.41) is 2.91. The number of likely N-dealkylation sites (N-methyl/N-ethyl adjacent to an activating group) is 1. The van der Waals surface area contributed by atoms with Crippen LogP contribution in [-0.4, -0.2) is 42.7 Å². The zero-order valence-electron chi connectivity index (χ0n) is 14.3. The normalized spacial score (nSPS) is 10.7. The molecule has 1 heterocycles. The Labute approximate surface area is 147 Å². The number of hydrogen-bond acceptors (Lipinski definition) is 5. The molecule has 6 heteroatoms. The van der Waals surface area contributed by atoms with Crippen molar-refractivity contribution in [2.75, 3.05) is 27.0 Å². The van der Waals surface area contributed by atoms with E-state index in [9.17, 15) is 4.79 Å². The Morgan fingerprint density at radius 2 is 2.17 bits per heavy atom. The molecule has 0 bridgehead atoms. The molecule has 24 heavy (non-hydrogen) atoms. The molecule has 2 rings (SSSR count). The first-order valence-electron chi connectivity index (χ1n) is 7.67. The van der Waals surface area contributed by atoms with Gasteiger partial charge in [0.25, 0.3) is 0 Å². The second kappa shape index (κ2) is 9.30. The Hall–Kier alpha value is -2.05. The van der Waals surface area contributed by atoms with Crippen LogP contribution in [0.15, 0.2) is 47.6 Å². The molecule has 2 aromatic rings. The molecule has 128 valence electrons. The van der Waals surface area contributed by atoms with Gasteiger partial charge in [-0.15, -0.1) is 11.8 Å². The molecule has 0 fully saturated rings. The van der Waals surface area contributed by atoms with Gasteiger partial charge in [-0.25, -0.2) is 0 Å². The highest BCUT2D eigenvalue weighted by atomic mass is 32.2. The minimum absolute atomic E-state index is 0.00551. The van der Waals surface area contributed by atoms with Gasteiger partial charge in [-0.2, -0.15) is 0 Å². The van der Waals surface area contributed by atoms with Crippen LogP contribution in [0.25, 0.3) is 0 Å². The lowest BCUT2D eigenvalue weighted by Gasteiger charge is -2.17. The molecular weight excluding hydrogens is 322 g/mol. The van der Waals surface area contributed by atoms with E-state index in [1.165, 1.54) is 0 Å². The second-order valence-corrected chi connectivity index (χ2v) is 6.35. The number of amides is 1. The van der Waals surface area contributed by atoms with Crippen LogP contribution in [0.1, 0.15) is 11.1 Å². The number of benzene rings is 1. The fourth-order valence-corrected chi connectivity index (χ4v) is 2.90. The molecule has 0 radical (unpaired) electrons. The van der Waals surface area contributed by atoms with Crippen molar-refractivity contribution >= 4 is 17.7 Å². The highest BCUT2D eigenvalue weighted by molar-refractivity contribution is 7.98. The summed E-state index contributed by atoms with van der Waals surface area (Å²) in [6, 6.07) is 9.94. The Balaban J connectivity index is 1.84. The van der Waals surface area contributed by atoms with Crippen LogP contribution in [0.4, 0.5) is 0 Å². The third kappa shape index (κ3) is 5.54. The summed E-state index contributed by atoms with van der Waals surface area (Å²) in [4.78, 5) is 19.2. The molecule has 0 atom stereocenters. The third-order valence-corrected chi connectivity index (χ3v) is 4.30. The van der Waals surface area contributed by atoms with E-state index >= 15 is 0 Å². The fraction of sp³-hybridized carbons (Fsp3) is 0.333. The maximum absolute atomic E-state index is 12.0. The Bertz CT molecular complexity index is 665. The molecule has 1 aromatic carbocycles. The SMILES string of the molecule is COc1cc(CN(C)CC(=O)NCc2cccnc2)ccc1SC. The Morgan fingerprint density at radius 1 is 1.33 bits per heavy atom. The molecule has 5 nitrogen and oxygen atoms in total. The molecular formula is C18H23N3O2S. The number of pyridine rings is 1. The van der Waals surface area contributed by atoms with Crippen LogP contribution in [-0.2, 0) is 17.9 Å². The number of thioether (sulfide) groups is 1. The molecule has 0 saturated carbocycles. The highest BCUT2D eigenvalue weighted by Crippen LogP contribution is 2.28. The number of hydrogen-bond donors (Lipinski definition) is 1. The Kier molecular flexibility index (Phi) is 7.08. The Morgan fingerprint density at radius 3 is 2.83 bits per heavy atom. The van der Waals surface area contributed by atoms with Gasteiger partial charge in [0, 0.05) is 30.4 Å². The maximum atomic E-state index is 12.0. The average molecular weight is 345 g/mol. The van der Waals surface area contributed by atoms with E-state index in [1.54, 1.807) is 31.3 Å². The van der Waals surface area contributed by atoms with Gasteiger partial charge >= 0.3 is 0 Å². The number of nitrogens with one attached hydrogen (secondary N) is 1. The standard InChI is InChI=1S/C18H23N3O2S/c1-21(12-14-6-7-17(24-3)16(9-14)23-2)13-18(22)20-11-15-5-4-8-19-10-15/h4-10H,11-13H2,1-3H3,(H,20,22). The molecule has 0 spiro atoms. The zero-order valence-corrected chi connectivity index (χ0v) is 15.1. The molecule has 0 saturated heterocycles. The van der Waals surface area contributed by atoms with Gasteiger partial charge in [0.2, 0.25) is 5.91 Å². The van der Waals surface area contributed by atoms with E-state index in [4.69, 9.17) is 4.74 Å². The summed E-state index contributed by atoms with van der Waals surface area (Å²) in [6.45, 7) is 1.52. The van der Waals surface area contributed by atoms with Crippen molar-refractivity contribution in [1.82, 2.24) is 15.2 Å². The number of carbonyl (C=O) groups is 1. The van der Waals surface area contributed by atoms with E-state index in [0.717, 1.165) is 21.8 Å². The first-order chi connectivity index (χ1) is 11.6. The fourth-order valence-electron chi connectivity index (χ4n) is 2.35. The van der Waals surface area contributed by atoms with Gasteiger partial charge in [0.1, 0.15) is 5.75 Å². The number of aromatic nitrogens is 1. The predicted molar refractivity (Wildman–Crippen MR) is 97.2 cm³/mol. The van der Waals surface area contributed by atoms with Crippen LogP contribution in [0, 0.1) is 0 Å². The minimum atomic E-state index is -0.00551. The lowest BCUT2D eigenvalue weighted by molar-refractivity contribution is -0.122. The van der Waals surface area contributed by atoms with Crippen molar-refractivity contribution in [2.45, 2.75) is 18.0 Å². The molecule has 0 unspecified atom stereocenters. The van der Waals surface area contributed by atoms with E-state index in [2.05, 4.69) is 22.4 Å². The van der Waals surface area contributed by atoms with Crippen molar-refractivity contribution in [1.29, 1.82) is 0 Å². The van der Waals surface area contributed by atoms with E-state index < -0.39 is 0 Å². The molecule has 1 N–H and O–H groups in total. The third-order valence-electron chi connectivity index (χ3n) is 3.53. The number of methoxy groups -OCH3 is 1. The summed E-state index contributed by atoms with van der Waals surface area (Å²) < 4.78 is 5.40. The van der Waals surface area contributed by atoms with E-state index in [-0.39, 0.29) is 5.91 Å². The predicted octanol–water partition coefficient (Wildman–Crippen LogP) is 2.56. The molecule has 1 aromatic heterocycles. The van der Waals surface area contributed by atoms with Gasteiger partial charge in [-0.3, -0.25) is 14.7 Å². The topological polar surface area (TPSA) is 54.5 Å². The van der Waals surface area contributed by atoms with Gasteiger partial charge in [0.05, 0.1) is 13.7 Å². The average Bonchev–Trinajstić information content (AvgIpc) is 2.60. The van der Waals surface area contributed by atoms with Gasteiger partial charge < -0.3 is 10.1 Å². The summed E-state index contributed by atoms with van der Waals surface area (Å²) in [5.74, 6) is 0.864. The van der Waals surface area contributed by atoms with E-state index in [0.29, 0.717) is 19.6 Å². The second-order valence-electron chi connectivity index (χ2n) is 5.50. The lowest BCUT2D eigenvalue weighted by atomic mass is 10.2. The summed E-state index contributed by atoms with van der Waals surface area (Å²) >= 11 is 1.65. The number of nitrogens with zero attached hydrogens (tertiary/aromatic N) is 2. The van der Waals surface area contributed by atoms with Crippen LogP contribution in [0.5, 0.6) is 5.75 Å². The van der Waals surface area contributed by atoms with Crippen LogP contribution in [0.3, 0.4) is 0 Å². The monoisotopic (exact) mass is 345 g/mol. The minimum Gasteiger partial charge on any atom is -0.496 e. The number of ether oxygens (including phenoxy) is 1. The molecule has 0 aliphatic heterocycles. The lowest BCUT2D eigenvalue weighted by Crippen LogP contribution is -2.34. The highest BCUT2D eigenvalue weighted by Gasteiger charge is 2.09. The van der Waals surface area contributed by atoms with Crippen molar-refractivity contribution in [2.24, 2.45) is 0 Å². The van der Waals surface area contributed by atoms with Crippen LogP contribution < -0.4 is 10.1 Å². The van der Waals surface area contributed by atoms with Gasteiger partial charge in [-0.1, -0.05) is 12.1 Å². The first-order valence-corrected chi connectivity index (χ1v) is 8.90. The molecule has 0 aliphatic rings. The number of carbonyl (C=O) groups excluding carboxylic acids is 1. The number of rotatable bonds is 8. The smallest absolute Gasteiger partial charge is 0.234 e. The summed E-state index contributed by atoms with van der Waals surface area (Å²) in [6.07, 6.45) is 5.50. The van der Waals surface area contributed by atoms with Crippen molar-refractivity contribution < 1.29 is 9.53 Å². The summed E-state index contributed by atoms with van der Waals surface area (Å²) in [7, 11) is 3.60. The molecule has 0 aliphatic carbocycles. The van der Waals surface area contributed by atoms with Crippen LogP contribution in [0.2, 0.25) is 0 Å².